The third-order valence-corrected chi connectivity index (χ3v) is 7.21. The van der Waals surface area contributed by atoms with Crippen molar-refractivity contribution in [2.24, 2.45) is 0 Å². The highest BCUT2D eigenvalue weighted by Crippen LogP contribution is 2.40. The first-order valence-corrected chi connectivity index (χ1v) is 17.5. The van der Waals surface area contributed by atoms with E-state index in [4.69, 9.17) is 23.7 Å². The van der Waals surface area contributed by atoms with E-state index in [0.717, 1.165) is 0 Å². The number of carbonyl (C=O) groups excluding carboxylic acids is 4. The van der Waals surface area contributed by atoms with Crippen LogP contribution in [0.3, 0.4) is 0 Å². The Hall–Kier alpha value is -5.25. The fraction of sp³-hybridized carbons (Fsp3) is 0.583. The van der Waals surface area contributed by atoms with Crippen molar-refractivity contribution in [1.82, 2.24) is 15.4 Å². The maximum absolute atomic E-state index is 14.5. The molecule has 2 N–H and O–H groups in total. The first-order chi connectivity index (χ1) is 26.4. The molecule has 3 amide bonds. The number of hydrogen-bond acceptors (Lipinski definition) is 13. The Kier molecular flexibility index (Phi) is 16.0. The van der Waals surface area contributed by atoms with Crippen molar-refractivity contribution in [1.29, 1.82) is 0 Å². The average molecular weight is 840 g/mol. The highest BCUT2D eigenvalue weighted by molar-refractivity contribution is 6.00. The van der Waals surface area contributed by atoms with Gasteiger partial charge in [0.05, 0.1) is 30.3 Å². The maximum Gasteiger partial charge on any atom is 0.439 e. The van der Waals surface area contributed by atoms with Crippen molar-refractivity contribution >= 4 is 35.6 Å². The molecule has 0 spiro atoms. The lowest BCUT2D eigenvalue weighted by Crippen LogP contribution is -2.55. The predicted octanol–water partition coefficient (Wildman–Crippen LogP) is 7.89. The number of hydrogen-bond donors (Lipinski definition) is 2. The zero-order valence-corrected chi connectivity index (χ0v) is 33.3. The Labute approximate surface area is 330 Å². The van der Waals surface area contributed by atoms with Crippen LogP contribution >= 0.6 is 0 Å². The number of halogens is 6. The summed E-state index contributed by atoms with van der Waals surface area (Å²) in [5, 5.41) is 14.2. The minimum absolute atomic E-state index is 0.00796. The molecule has 1 aromatic heterocycles. The second-order valence-electron chi connectivity index (χ2n) is 15.2. The molecule has 324 valence electrons. The number of imide groups is 1. The molecule has 0 aliphatic rings. The third-order valence-electron chi connectivity index (χ3n) is 7.21. The molecule has 0 aliphatic heterocycles. The predicted molar refractivity (Wildman–Crippen MR) is 192 cm³/mol. The van der Waals surface area contributed by atoms with E-state index in [0.29, 0.717) is 5.56 Å². The molecular formula is C36H47F6N5O11. The monoisotopic (exact) mass is 839 g/mol. The topological polar surface area (TPSA) is 198 Å². The van der Waals surface area contributed by atoms with Crippen LogP contribution in [0.1, 0.15) is 96.8 Å². The lowest BCUT2D eigenvalue weighted by molar-refractivity contribution is -0.385. The van der Waals surface area contributed by atoms with Gasteiger partial charge in [0.2, 0.25) is 5.69 Å². The van der Waals surface area contributed by atoms with Gasteiger partial charge in [0, 0.05) is 12.7 Å². The molecule has 58 heavy (non-hydrogen) atoms. The number of esters is 1. The molecule has 0 fully saturated rings. The Morgan fingerprint density at radius 1 is 0.879 bits per heavy atom. The van der Waals surface area contributed by atoms with Gasteiger partial charge in [-0.2, -0.15) is 26.3 Å². The Morgan fingerprint density at radius 3 is 1.90 bits per heavy atom. The SMILES string of the molecule is CCOC(=O)C(CCCOCC(C)(C)Nc1nc(C(=O)NN(C(=O)OC(C)(C)C)C(=O)OC(C)(C)C)c([N+](=O)[O-])cc1C(F)(F)F)(OCc1ccccc1)C(F)(F)F. The molecule has 22 heteroatoms. The van der Waals surface area contributed by atoms with Crippen LogP contribution in [0.4, 0.5) is 47.4 Å². The number of nitrogens with one attached hydrogen (secondary N) is 2. The van der Waals surface area contributed by atoms with Gasteiger partial charge in [-0.1, -0.05) is 30.3 Å². The number of carbonyl (C=O) groups is 4. The normalized spacial score (nSPS) is 13.5. The molecule has 1 unspecified atom stereocenters. The standard InChI is InChI=1S/C36H47F6N5O11/c1-10-55-28(49)34(36(40,41)42,56-20-22-15-12-11-13-16-22)17-14-18-54-21-33(8,9)44-26-23(35(37,38)39)19-24(47(52)53)25(43-26)27(48)45-46(29(50)57-31(2,3)4)30(51)58-32(5,6)7/h11-13,15-16,19H,10,14,17-18,20-21H2,1-9H3,(H,43,44)(H,45,48). The van der Waals surface area contributed by atoms with Gasteiger partial charge in [-0.3, -0.25) is 14.9 Å². The summed E-state index contributed by atoms with van der Waals surface area (Å²) in [6.45, 7) is 10.4. The molecular weight excluding hydrogens is 792 g/mol. The molecule has 0 bridgehead atoms. The van der Waals surface area contributed by atoms with Crippen molar-refractivity contribution in [3.8, 4) is 0 Å². The largest absolute Gasteiger partial charge is 0.464 e. The van der Waals surface area contributed by atoms with Crippen LogP contribution in [0.5, 0.6) is 0 Å². The van der Waals surface area contributed by atoms with Gasteiger partial charge in [-0.05, 0) is 80.7 Å². The van der Waals surface area contributed by atoms with E-state index in [1.807, 2.05) is 0 Å². The summed E-state index contributed by atoms with van der Waals surface area (Å²) in [7, 11) is 0. The lowest BCUT2D eigenvalue weighted by atomic mass is 9.96. The third kappa shape index (κ3) is 14.3. The summed E-state index contributed by atoms with van der Waals surface area (Å²) >= 11 is 0. The van der Waals surface area contributed by atoms with Crippen molar-refractivity contribution in [2.75, 3.05) is 25.1 Å². The Balaban J connectivity index is 2.40. The summed E-state index contributed by atoms with van der Waals surface area (Å²) in [5.41, 5.74) is -9.84. The summed E-state index contributed by atoms with van der Waals surface area (Å²) in [4.78, 5) is 66.1. The number of benzene rings is 1. The highest BCUT2D eigenvalue weighted by atomic mass is 19.4. The van der Waals surface area contributed by atoms with E-state index < -0.39 is 119 Å². The van der Waals surface area contributed by atoms with Crippen LogP contribution in [0.2, 0.25) is 0 Å². The van der Waals surface area contributed by atoms with Crippen LogP contribution in [-0.4, -0.2) is 87.3 Å². The number of anilines is 1. The van der Waals surface area contributed by atoms with E-state index >= 15 is 0 Å². The van der Waals surface area contributed by atoms with Crippen molar-refractivity contribution in [3.63, 3.8) is 0 Å². The van der Waals surface area contributed by atoms with Crippen LogP contribution in [-0.2, 0) is 41.3 Å². The Morgan fingerprint density at radius 2 is 1.43 bits per heavy atom. The van der Waals surface area contributed by atoms with E-state index in [-0.39, 0.29) is 17.7 Å². The summed E-state index contributed by atoms with van der Waals surface area (Å²) in [6.07, 6.45) is -15.0. The number of pyridine rings is 1. The maximum atomic E-state index is 14.5. The number of amides is 3. The number of nitrogens with zero attached hydrogens (tertiary/aromatic N) is 3. The quantitative estimate of drug-likeness (QED) is 0.0439. The van der Waals surface area contributed by atoms with Crippen molar-refractivity contribution < 1.29 is 74.1 Å². The zero-order valence-electron chi connectivity index (χ0n) is 33.3. The van der Waals surface area contributed by atoms with Crippen molar-refractivity contribution in [2.45, 2.75) is 116 Å². The first-order valence-electron chi connectivity index (χ1n) is 17.5. The molecule has 0 radical (unpaired) electrons. The Bertz CT molecular complexity index is 1750. The molecule has 1 aromatic carbocycles. The van der Waals surface area contributed by atoms with Gasteiger partial charge >= 0.3 is 36.2 Å². The minimum atomic E-state index is -5.31. The van der Waals surface area contributed by atoms with Gasteiger partial charge in [-0.15, -0.1) is 5.01 Å². The minimum Gasteiger partial charge on any atom is -0.464 e. The van der Waals surface area contributed by atoms with Gasteiger partial charge in [0.15, 0.2) is 0 Å². The molecule has 2 rings (SSSR count). The number of hydrazine groups is 1. The second kappa shape index (κ2) is 19.0. The number of nitro groups is 1. The number of ether oxygens (including phenoxy) is 5. The fourth-order valence-corrected chi connectivity index (χ4v) is 4.76. The average Bonchev–Trinajstić information content (AvgIpc) is 3.05. The van der Waals surface area contributed by atoms with Gasteiger partial charge in [0.25, 0.3) is 11.5 Å². The molecule has 1 atom stereocenters. The van der Waals surface area contributed by atoms with E-state index in [2.05, 4.69) is 10.3 Å². The lowest BCUT2D eigenvalue weighted by Gasteiger charge is -2.33. The van der Waals surface area contributed by atoms with Gasteiger partial charge < -0.3 is 29.0 Å². The molecule has 0 saturated heterocycles. The van der Waals surface area contributed by atoms with Crippen LogP contribution in [0.15, 0.2) is 36.4 Å². The number of rotatable bonds is 15. The molecule has 2 aromatic rings. The number of alkyl halides is 6. The van der Waals surface area contributed by atoms with Gasteiger partial charge in [-0.25, -0.2) is 24.8 Å². The van der Waals surface area contributed by atoms with E-state index in [1.165, 1.54) is 74.4 Å². The van der Waals surface area contributed by atoms with Crippen LogP contribution < -0.4 is 10.7 Å². The first kappa shape index (κ1) is 48.9. The zero-order chi connectivity index (χ0) is 44.5. The summed E-state index contributed by atoms with van der Waals surface area (Å²) in [6, 6.07) is 7.75. The summed E-state index contributed by atoms with van der Waals surface area (Å²) in [5.74, 6) is -4.51. The molecule has 0 aliphatic carbocycles. The second-order valence-corrected chi connectivity index (χ2v) is 15.2. The summed E-state index contributed by atoms with van der Waals surface area (Å²) < 4.78 is 112. The number of aromatic nitrogens is 1. The fourth-order valence-electron chi connectivity index (χ4n) is 4.76. The van der Waals surface area contributed by atoms with E-state index in [1.54, 1.807) is 23.6 Å². The van der Waals surface area contributed by atoms with Crippen LogP contribution in [0, 0.1) is 10.1 Å². The van der Waals surface area contributed by atoms with E-state index in [9.17, 15) is 55.6 Å². The van der Waals surface area contributed by atoms with Crippen LogP contribution in [0.25, 0.3) is 0 Å². The molecule has 1 heterocycles. The highest BCUT2D eigenvalue weighted by Gasteiger charge is 2.62. The molecule has 16 nitrogen and oxygen atoms in total. The smallest absolute Gasteiger partial charge is 0.439 e. The van der Waals surface area contributed by atoms with Crippen molar-refractivity contribution in [3.05, 3.63) is 63.3 Å². The van der Waals surface area contributed by atoms with Gasteiger partial charge in [0.1, 0.15) is 22.6 Å². The molecule has 0 saturated carbocycles.